The van der Waals surface area contributed by atoms with Crippen LogP contribution in [0.15, 0.2) is 10.2 Å². The molecule has 0 radical (unpaired) electrons. The van der Waals surface area contributed by atoms with Crippen LogP contribution >= 0.6 is 12.4 Å². The second kappa shape index (κ2) is 2.67. The fourth-order valence-electron chi connectivity index (χ4n) is 2.54. The smallest absolute Gasteiger partial charge is 0.193 e. The van der Waals surface area contributed by atoms with Crippen molar-refractivity contribution in [1.29, 1.82) is 0 Å². The highest BCUT2D eigenvalue weighted by atomic mass is 35.5. The highest BCUT2D eigenvalue weighted by Gasteiger charge is 2.48. The van der Waals surface area contributed by atoms with Crippen molar-refractivity contribution in [2.24, 2.45) is 10.2 Å². The molecule has 68 valence electrons. The number of hydrogen-bond acceptors (Lipinski definition) is 3. The Labute approximate surface area is 78.4 Å². The molecule has 3 aliphatic heterocycles. The monoisotopic (exact) mass is 187 g/mol. The van der Waals surface area contributed by atoms with E-state index in [1.807, 2.05) is 0 Å². The lowest BCUT2D eigenvalue weighted by Crippen LogP contribution is -2.51. The van der Waals surface area contributed by atoms with Gasteiger partial charge in [0.1, 0.15) is 0 Å². The van der Waals surface area contributed by atoms with Gasteiger partial charge in [-0.2, -0.15) is 10.2 Å². The summed E-state index contributed by atoms with van der Waals surface area (Å²) >= 11 is 0. The van der Waals surface area contributed by atoms with Crippen molar-refractivity contribution in [2.45, 2.75) is 49.9 Å². The van der Waals surface area contributed by atoms with Crippen molar-refractivity contribution in [3.8, 4) is 0 Å². The lowest BCUT2D eigenvalue weighted by Gasteiger charge is -2.38. The Hall–Kier alpha value is -0.150. The Balaban J connectivity index is 0.000000563. The minimum atomic E-state index is 0. The molecule has 3 aliphatic rings. The molecule has 12 heavy (non-hydrogen) atoms. The van der Waals surface area contributed by atoms with E-state index in [0.717, 1.165) is 12.1 Å². The average molecular weight is 188 g/mol. The third kappa shape index (κ3) is 1.25. The Kier molecular flexibility index (Phi) is 1.88. The number of fused-ring (bicyclic) bond motifs is 2. The summed E-state index contributed by atoms with van der Waals surface area (Å²) in [6, 6.07) is 1.44. The first-order valence-corrected chi connectivity index (χ1v) is 4.56. The van der Waals surface area contributed by atoms with Gasteiger partial charge in [-0.1, -0.05) is 6.42 Å². The van der Waals surface area contributed by atoms with E-state index in [9.17, 15) is 0 Å². The molecule has 0 aliphatic carbocycles. The number of nitrogens with one attached hydrogen (secondary N) is 1. The lowest BCUT2D eigenvalue weighted by molar-refractivity contribution is 0.202. The first kappa shape index (κ1) is 8.45. The standard InChI is InChI=1S/C8H13N3.ClH/c1-2-6-4-8(10-11-8)5-7(3-1)9-6;/h6-7,9H,1-5H2;1H. The molecule has 3 nitrogen and oxygen atoms in total. The summed E-state index contributed by atoms with van der Waals surface area (Å²) in [5.41, 5.74) is 0.112. The fourth-order valence-corrected chi connectivity index (χ4v) is 2.54. The summed E-state index contributed by atoms with van der Waals surface area (Å²) in [6.45, 7) is 0. The summed E-state index contributed by atoms with van der Waals surface area (Å²) in [4.78, 5) is 0. The molecular formula is C8H14ClN3. The van der Waals surface area contributed by atoms with Gasteiger partial charge in [-0.3, -0.25) is 0 Å². The van der Waals surface area contributed by atoms with Gasteiger partial charge in [0.25, 0.3) is 0 Å². The highest BCUT2D eigenvalue weighted by Crippen LogP contribution is 2.43. The molecule has 2 saturated heterocycles. The summed E-state index contributed by atoms with van der Waals surface area (Å²) in [6.07, 6.45) is 6.41. The molecule has 0 amide bonds. The molecule has 2 fully saturated rings. The maximum atomic E-state index is 4.16. The molecule has 2 atom stereocenters. The molecule has 3 rings (SSSR count). The molecule has 0 aromatic carbocycles. The van der Waals surface area contributed by atoms with E-state index in [2.05, 4.69) is 15.5 Å². The normalized spacial score (nSPS) is 40.7. The van der Waals surface area contributed by atoms with Gasteiger partial charge >= 0.3 is 0 Å². The minimum absolute atomic E-state index is 0. The van der Waals surface area contributed by atoms with Crippen LogP contribution in [-0.2, 0) is 0 Å². The third-order valence-corrected chi connectivity index (χ3v) is 3.11. The molecule has 0 saturated carbocycles. The second-order valence-electron chi connectivity index (χ2n) is 4.08. The summed E-state index contributed by atoms with van der Waals surface area (Å²) in [5, 5.41) is 12.0. The van der Waals surface area contributed by atoms with Gasteiger partial charge in [-0.05, 0) is 12.8 Å². The van der Waals surface area contributed by atoms with Crippen LogP contribution in [0.4, 0.5) is 0 Å². The molecule has 0 aromatic rings. The van der Waals surface area contributed by atoms with E-state index in [0.29, 0.717) is 0 Å². The number of rotatable bonds is 0. The number of hydrogen-bond donors (Lipinski definition) is 1. The highest BCUT2D eigenvalue weighted by molar-refractivity contribution is 5.85. The maximum absolute atomic E-state index is 4.16. The van der Waals surface area contributed by atoms with Gasteiger partial charge in [0, 0.05) is 24.9 Å². The molecule has 1 spiro atoms. The molecule has 3 heterocycles. The van der Waals surface area contributed by atoms with Crippen LogP contribution in [0.25, 0.3) is 0 Å². The first-order valence-electron chi connectivity index (χ1n) is 4.56. The predicted octanol–water partition coefficient (Wildman–Crippen LogP) is 1.87. The first-order chi connectivity index (χ1) is 5.36. The van der Waals surface area contributed by atoms with E-state index < -0.39 is 0 Å². The average Bonchev–Trinajstić information content (AvgIpc) is 2.68. The van der Waals surface area contributed by atoms with Gasteiger partial charge in [0.05, 0.1) is 0 Å². The Morgan fingerprint density at radius 3 is 2.17 bits per heavy atom. The molecule has 2 bridgehead atoms. The van der Waals surface area contributed by atoms with Crippen molar-refractivity contribution in [2.75, 3.05) is 0 Å². The van der Waals surface area contributed by atoms with Crippen LogP contribution in [0.3, 0.4) is 0 Å². The number of halogens is 1. The van der Waals surface area contributed by atoms with Crippen molar-refractivity contribution < 1.29 is 0 Å². The molecule has 2 unspecified atom stereocenters. The Morgan fingerprint density at radius 2 is 1.67 bits per heavy atom. The van der Waals surface area contributed by atoms with Crippen molar-refractivity contribution in [3.05, 3.63) is 0 Å². The van der Waals surface area contributed by atoms with Crippen LogP contribution in [0.2, 0.25) is 0 Å². The van der Waals surface area contributed by atoms with Gasteiger partial charge < -0.3 is 5.32 Å². The molecule has 0 aromatic heterocycles. The molecule has 4 heteroatoms. The van der Waals surface area contributed by atoms with E-state index >= 15 is 0 Å². The van der Waals surface area contributed by atoms with Crippen LogP contribution in [-0.4, -0.2) is 17.7 Å². The Bertz CT molecular complexity index is 196. The third-order valence-electron chi connectivity index (χ3n) is 3.11. The fraction of sp³-hybridized carbons (Fsp3) is 1.00. The quantitative estimate of drug-likeness (QED) is 0.618. The number of nitrogens with zero attached hydrogens (tertiary/aromatic N) is 2. The topological polar surface area (TPSA) is 36.8 Å². The van der Waals surface area contributed by atoms with Crippen molar-refractivity contribution in [3.63, 3.8) is 0 Å². The minimum Gasteiger partial charge on any atom is -0.311 e. The van der Waals surface area contributed by atoms with Crippen LogP contribution in [0.5, 0.6) is 0 Å². The maximum Gasteiger partial charge on any atom is 0.193 e. The summed E-state index contributed by atoms with van der Waals surface area (Å²) in [5.74, 6) is 0. The van der Waals surface area contributed by atoms with E-state index in [4.69, 9.17) is 0 Å². The zero-order chi connectivity index (χ0) is 7.31. The van der Waals surface area contributed by atoms with E-state index in [-0.39, 0.29) is 18.1 Å². The van der Waals surface area contributed by atoms with E-state index in [1.165, 1.54) is 32.1 Å². The van der Waals surface area contributed by atoms with Gasteiger partial charge in [0.15, 0.2) is 5.66 Å². The van der Waals surface area contributed by atoms with Crippen LogP contribution in [0, 0.1) is 0 Å². The van der Waals surface area contributed by atoms with E-state index in [1.54, 1.807) is 0 Å². The van der Waals surface area contributed by atoms with Crippen molar-refractivity contribution in [1.82, 2.24) is 5.32 Å². The SMILES string of the molecule is C1CC2CC3(CC(C1)N2)N=N3.Cl. The lowest BCUT2D eigenvalue weighted by atomic mass is 9.82. The second-order valence-corrected chi connectivity index (χ2v) is 4.08. The summed E-state index contributed by atoms with van der Waals surface area (Å²) in [7, 11) is 0. The Morgan fingerprint density at radius 1 is 1.08 bits per heavy atom. The molecular weight excluding hydrogens is 174 g/mol. The largest absolute Gasteiger partial charge is 0.311 e. The predicted molar refractivity (Wildman–Crippen MR) is 48.6 cm³/mol. The number of piperidine rings is 2. The zero-order valence-corrected chi connectivity index (χ0v) is 7.81. The van der Waals surface area contributed by atoms with Crippen LogP contribution in [0.1, 0.15) is 32.1 Å². The zero-order valence-electron chi connectivity index (χ0n) is 6.99. The molecule has 1 N–H and O–H groups in total. The van der Waals surface area contributed by atoms with Crippen LogP contribution < -0.4 is 5.32 Å². The summed E-state index contributed by atoms with van der Waals surface area (Å²) < 4.78 is 0. The van der Waals surface area contributed by atoms with Crippen molar-refractivity contribution >= 4 is 12.4 Å². The van der Waals surface area contributed by atoms with Gasteiger partial charge in [0.2, 0.25) is 0 Å². The van der Waals surface area contributed by atoms with Gasteiger partial charge in [-0.15, -0.1) is 12.4 Å². The van der Waals surface area contributed by atoms with Gasteiger partial charge in [-0.25, -0.2) is 0 Å².